The average molecular weight is 676 g/mol. The van der Waals surface area contributed by atoms with E-state index in [1.54, 1.807) is 0 Å². The summed E-state index contributed by atoms with van der Waals surface area (Å²) in [5.74, 6) is 1.21. The van der Waals surface area contributed by atoms with E-state index in [2.05, 4.69) is 49.8 Å². The molecule has 0 amide bonds. The van der Waals surface area contributed by atoms with Gasteiger partial charge in [0, 0.05) is 27.3 Å². The van der Waals surface area contributed by atoms with Crippen molar-refractivity contribution >= 4 is 54.5 Å². The summed E-state index contributed by atoms with van der Waals surface area (Å²) in [6, 6.07) is 17.2. The molecular weight excluding hydrogens is 642 g/mol. The number of benzene rings is 2. The number of anilines is 1. The number of nitrogen functional groups attached to an aromatic ring is 1. The Labute approximate surface area is 278 Å². The summed E-state index contributed by atoms with van der Waals surface area (Å²) in [4.78, 5) is 12.8. The van der Waals surface area contributed by atoms with Crippen molar-refractivity contribution in [2.45, 2.75) is 61.9 Å². The third-order valence-corrected chi connectivity index (χ3v) is 14.8. The number of nitrogens with two attached hydrogens (primary N) is 1. The van der Waals surface area contributed by atoms with Gasteiger partial charge in [0.25, 0.3) is 0 Å². The average Bonchev–Trinajstić information content (AvgIpc) is 3.65. The molecule has 5 rings (SSSR count). The minimum Gasteiger partial charge on any atom is -0.485 e. The van der Waals surface area contributed by atoms with E-state index in [9.17, 15) is 5.26 Å². The summed E-state index contributed by atoms with van der Waals surface area (Å²) in [6.07, 6.45) is -0.381. The van der Waals surface area contributed by atoms with Gasteiger partial charge in [-0.15, -0.1) is 11.3 Å². The standard InChI is InChI=1S/C33H34ClN5O3S2Si/c1-33(2,3)45(5,6)42-27-17-40-16-26(27)41-24-13-9-20(10-14-24)28-25(15-35)32(39-30(36)29(28)37-4)44-19-23-18-43-31(38-23)21-7-11-22(34)12-8-21/h7-14,18,26-27H,16-17,19H2,1-3,5-6H3,(H2,36,39)/t26-,27-/m0/s1. The lowest BCUT2D eigenvalue weighted by Gasteiger charge is -2.39. The third kappa shape index (κ3) is 7.36. The fraction of sp³-hybridized carbons (Fsp3) is 0.333. The van der Waals surface area contributed by atoms with Crippen LogP contribution in [0.1, 0.15) is 32.0 Å². The van der Waals surface area contributed by atoms with Crippen molar-refractivity contribution < 1.29 is 13.9 Å². The second-order valence-electron chi connectivity index (χ2n) is 12.2. The molecule has 0 radical (unpaired) electrons. The minimum atomic E-state index is -2.01. The molecule has 8 nitrogen and oxygen atoms in total. The van der Waals surface area contributed by atoms with Gasteiger partial charge < -0.3 is 19.6 Å². The second-order valence-corrected chi connectivity index (χ2v) is 19.2. The highest BCUT2D eigenvalue weighted by Crippen LogP contribution is 2.43. The van der Waals surface area contributed by atoms with Crippen molar-refractivity contribution in [3.05, 3.63) is 81.6 Å². The first-order valence-electron chi connectivity index (χ1n) is 14.4. The van der Waals surface area contributed by atoms with Crippen LogP contribution in [-0.4, -0.2) is 43.7 Å². The maximum Gasteiger partial charge on any atom is 0.236 e. The minimum absolute atomic E-state index is 0.0743. The molecule has 1 aliphatic rings. The zero-order chi connectivity index (χ0) is 32.4. The van der Waals surface area contributed by atoms with Crippen LogP contribution >= 0.6 is 34.7 Å². The maximum atomic E-state index is 10.2. The van der Waals surface area contributed by atoms with Crippen LogP contribution in [0, 0.1) is 17.9 Å². The van der Waals surface area contributed by atoms with Crippen molar-refractivity contribution in [3.8, 4) is 33.5 Å². The number of ether oxygens (including phenoxy) is 2. The Kier molecular flexibility index (Phi) is 9.90. The molecule has 2 aromatic heterocycles. The Bertz CT molecular complexity index is 1760. The highest BCUT2D eigenvalue weighted by molar-refractivity contribution is 7.98. The first-order chi connectivity index (χ1) is 21.4. The van der Waals surface area contributed by atoms with Gasteiger partial charge in [-0.05, 0) is 48.0 Å². The van der Waals surface area contributed by atoms with Gasteiger partial charge in [-0.1, -0.05) is 68.4 Å². The molecule has 0 bridgehead atoms. The quantitative estimate of drug-likeness (QED) is 0.106. The normalized spacial score (nSPS) is 16.7. The summed E-state index contributed by atoms with van der Waals surface area (Å²) in [5, 5.41) is 14.3. The van der Waals surface area contributed by atoms with Gasteiger partial charge in [0.05, 0.1) is 31.0 Å². The Morgan fingerprint density at radius 3 is 2.42 bits per heavy atom. The first kappa shape index (κ1) is 33.0. The van der Waals surface area contributed by atoms with Crippen LogP contribution in [0.15, 0.2) is 58.9 Å². The topological polar surface area (TPSA) is 108 Å². The van der Waals surface area contributed by atoms with Crippen LogP contribution < -0.4 is 10.5 Å². The van der Waals surface area contributed by atoms with Gasteiger partial charge in [-0.3, -0.25) is 0 Å². The van der Waals surface area contributed by atoms with E-state index >= 15 is 0 Å². The van der Waals surface area contributed by atoms with Crippen molar-refractivity contribution in [2.24, 2.45) is 0 Å². The predicted molar refractivity (Wildman–Crippen MR) is 184 cm³/mol. The lowest BCUT2D eigenvalue weighted by molar-refractivity contribution is 0.0807. The lowest BCUT2D eigenvalue weighted by Crippen LogP contribution is -2.47. The van der Waals surface area contributed by atoms with E-state index in [4.69, 9.17) is 42.8 Å². The highest BCUT2D eigenvalue weighted by atomic mass is 35.5. The molecule has 0 spiro atoms. The summed E-state index contributed by atoms with van der Waals surface area (Å²) in [6.45, 7) is 19.8. The zero-order valence-corrected chi connectivity index (χ0v) is 29.1. The number of pyridine rings is 1. The molecule has 0 aliphatic carbocycles. The molecule has 1 fully saturated rings. The number of nitriles is 1. The maximum absolute atomic E-state index is 10.2. The molecule has 2 atom stereocenters. The molecule has 12 heteroatoms. The summed E-state index contributed by atoms with van der Waals surface area (Å²) < 4.78 is 18.7. The van der Waals surface area contributed by atoms with E-state index in [1.165, 1.54) is 23.1 Å². The van der Waals surface area contributed by atoms with E-state index < -0.39 is 8.32 Å². The largest absolute Gasteiger partial charge is 0.485 e. The second kappa shape index (κ2) is 13.5. The zero-order valence-electron chi connectivity index (χ0n) is 25.8. The predicted octanol–water partition coefficient (Wildman–Crippen LogP) is 8.99. The fourth-order valence-electron chi connectivity index (χ4n) is 4.58. The van der Waals surface area contributed by atoms with Gasteiger partial charge >= 0.3 is 0 Å². The number of halogens is 1. The molecule has 4 aromatic rings. The van der Waals surface area contributed by atoms with Crippen LogP contribution in [-0.2, 0) is 14.9 Å². The van der Waals surface area contributed by atoms with Gasteiger partial charge in [-0.25, -0.2) is 14.8 Å². The van der Waals surface area contributed by atoms with Crippen LogP contribution in [0.4, 0.5) is 11.5 Å². The Morgan fingerprint density at radius 2 is 1.78 bits per heavy atom. The van der Waals surface area contributed by atoms with Crippen LogP contribution in [0.5, 0.6) is 5.75 Å². The van der Waals surface area contributed by atoms with Gasteiger partial charge in [0.2, 0.25) is 5.69 Å². The summed E-state index contributed by atoms with van der Waals surface area (Å²) >= 11 is 8.93. The molecule has 0 unspecified atom stereocenters. The number of thiazole rings is 1. The van der Waals surface area contributed by atoms with Gasteiger partial charge in [0.1, 0.15) is 39.9 Å². The lowest BCUT2D eigenvalue weighted by atomic mass is 10.00. The van der Waals surface area contributed by atoms with Crippen LogP contribution in [0.2, 0.25) is 23.2 Å². The number of hydrogen-bond donors (Lipinski definition) is 1. The number of rotatable bonds is 9. The van der Waals surface area contributed by atoms with Crippen molar-refractivity contribution in [3.63, 3.8) is 0 Å². The molecule has 1 saturated heterocycles. The molecule has 45 heavy (non-hydrogen) atoms. The Morgan fingerprint density at radius 1 is 1.11 bits per heavy atom. The molecule has 2 N–H and O–H groups in total. The van der Waals surface area contributed by atoms with E-state index in [-0.39, 0.29) is 28.8 Å². The molecule has 2 aromatic carbocycles. The number of hydrogen-bond acceptors (Lipinski definition) is 9. The fourth-order valence-corrected chi connectivity index (χ4v) is 7.85. The van der Waals surface area contributed by atoms with Crippen LogP contribution in [0.3, 0.4) is 0 Å². The van der Waals surface area contributed by atoms with Crippen LogP contribution in [0.25, 0.3) is 26.5 Å². The molecule has 3 heterocycles. The molecule has 0 saturated carbocycles. The van der Waals surface area contributed by atoms with E-state index in [1.807, 2.05) is 53.9 Å². The Hall–Kier alpha value is -3.42. The highest BCUT2D eigenvalue weighted by Gasteiger charge is 2.43. The number of thioether (sulfide) groups is 1. The van der Waals surface area contributed by atoms with Crippen molar-refractivity contribution in [1.29, 1.82) is 5.26 Å². The Balaban J connectivity index is 1.35. The first-order valence-corrected chi connectivity index (χ1v) is 19.5. The molecule has 1 aliphatic heterocycles. The summed E-state index contributed by atoms with van der Waals surface area (Å²) in [7, 11) is -2.01. The summed E-state index contributed by atoms with van der Waals surface area (Å²) in [5.41, 5.74) is 9.68. The van der Waals surface area contributed by atoms with Crippen molar-refractivity contribution in [2.75, 3.05) is 18.9 Å². The van der Waals surface area contributed by atoms with Gasteiger partial charge in [-0.2, -0.15) is 5.26 Å². The number of aromatic nitrogens is 2. The van der Waals surface area contributed by atoms with E-state index in [0.717, 1.165) is 16.3 Å². The smallest absolute Gasteiger partial charge is 0.236 e. The SMILES string of the molecule is [C-]#[N+]c1c(N)nc(SCc2csc(-c3ccc(Cl)cc3)n2)c(C#N)c1-c1ccc(O[C@H]2COC[C@@H]2O[Si](C)(C)C(C)(C)C)cc1. The van der Waals surface area contributed by atoms with E-state index in [0.29, 0.717) is 51.5 Å². The monoisotopic (exact) mass is 675 g/mol. The number of nitrogens with zero attached hydrogens (tertiary/aromatic N) is 4. The van der Waals surface area contributed by atoms with Crippen molar-refractivity contribution in [1.82, 2.24) is 9.97 Å². The third-order valence-electron chi connectivity index (χ3n) is 8.05. The van der Waals surface area contributed by atoms with Gasteiger partial charge in [0.15, 0.2) is 8.32 Å². The molecular formula is C33H34ClN5O3S2Si. The molecule has 232 valence electrons.